The molecule has 5 aromatic heterocycles. The molecule has 5 rings (SSSR count). The van der Waals surface area contributed by atoms with Crippen LogP contribution in [-0.4, -0.2) is 51.4 Å². The van der Waals surface area contributed by atoms with Crippen LogP contribution in [0.1, 0.15) is 5.56 Å². The Morgan fingerprint density at radius 1 is 1.11 bits per heavy atom. The number of hydrogen-bond donors (Lipinski definition) is 1. The Bertz CT molecular complexity index is 1240. The van der Waals surface area contributed by atoms with Gasteiger partial charge in [-0.05, 0) is 23.8 Å². The van der Waals surface area contributed by atoms with Gasteiger partial charge in [-0.15, -0.1) is 16.4 Å². The van der Waals surface area contributed by atoms with Gasteiger partial charge < -0.3 is 5.11 Å². The molecular weight excluding hydrogens is 364 g/mol. The lowest BCUT2D eigenvalue weighted by molar-refractivity contribution is 0.269. The molecular formula is C17H14N8OS. The van der Waals surface area contributed by atoms with Crippen LogP contribution in [0.5, 0.6) is 0 Å². The third-order valence-corrected chi connectivity index (χ3v) is 4.94. The minimum atomic E-state index is 0.0433. The van der Waals surface area contributed by atoms with Crippen molar-refractivity contribution in [2.75, 3.05) is 6.61 Å². The summed E-state index contributed by atoms with van der Waals surface area (Å²) in [6.07, 6.45) is 5.42. The first kappa shape index (κ1) is 16.0. The van der Waals surface area contributed by atoms with Gasteiger partial charge in [0, 0.05) is 18.0 Å². The molecule has 5 heterocycles. The number of aliphatic hydroxyl groups is 1. The van der Waals surface area contributed by atoms with E-state index >= 15 is 0 Å². The summed E-state index contributed by atoms with van der Waals surface area (Å²) in [5.41, 5.74) is 6.74. The van der Waals surface area contributed by atoms with E-state index < -0.39 is 0 Å². The van der Waals surface area contributed by atoms with Gasteiger partial charge in [-0.2, -0.15) is 5.10 Å². The summed E-state index contributed by atoms with van der Waals surface area (Å²) in [4.78, 5) is 14.4. The van der Waals surface area contributed by atoms with Gasteiger partial charge in [0.1, 0.15) is 15.9 Å². The van der Waals surface area contributed by atoms with E-state index in [-0.39, 0.29) is 6.61 Å². The van der Waals surface area contributed by atoms with Gasteiger partial charge in [0.05, 0.1) is 37.1 Å². The Morgan fingerprint density at radius 3 is 3.00 bits per heavy atom. The zero-order valence-electron chi connectivity index (χ0n) is 14.1. The maximum Gasteiger partial charge on any atom is 0.179 e. The highest BCUT2D eigenvalue weighted by Crippen LogP contribution is 2.21. The van der Waals surface area contributed by atoms with Crippen molar-refractivity contribution >= 4 is 32.8 Å². The van der Waals surface area contributed by atoms with Crippen LogP contribution in [0, 0.1) is 0 Å². The third kappa shape index (κ3) is 2.94. The number of hydrogen-bond acceptors (Lipinski definition) is 8. The molecule has 0 amide bonds. The van der Waals surface area contributed by atoms with Crippen molar-refractivity contribution < 1.29 is 5.11 Å². The maximum absolute atomic E-state index is 9.04. The summed E-state index contributed by atoms with van der Waals surface area (Å²) in [7, 11) is 0. The van der Waals surface area contributed by atoms with Crippen LogP contribution in [0.25, 0.3) is 32.8 Å². The number of aromatic nitrogens is 8. The quantitative estimate of drug-likeness (QED) is 0.496. The van der Waals surface area contributed by atoms with Crippen molar-refractivity contribution in [1.29, 1.82) is 0 Å². The van der Waals surface area contributed by atoms with E-state index in [0.717, 1.165) is 32.7 Å². The standard InChI is InChI=1S/C17H14N8OS/c26-4-3-24-9-12(7-20-24)13-1-2-14-16(21-13)25(23-22-14)8-11-5-15-17(18-6-11)27-10-19-15/h1-2,5-7,9-10,26H,3-4,8H2. The lowest BCUT2D eigenvalue weighted by Gasteiger charge is -2.03. The summed E-state index contributed by atoms with van der Waals surface area (Å²) in [6, 6.07) is 5.80. The summed E-state index contributed by atoms with van der Waals surface area (Å²) in [5, 5.41) is 21.7. The largest absolute Gasteiger partial charge is 0.394 e. The van der Waals surface area contributed by atoms with E-state index in [1.54, 1.807) is 21.1 Å². The second-order valence-corrected chi connectivity index (χ2v) is 6.86. The Kier molecular flexibility index (Phi) is 3.84. The van der Waals surface area contributed by atoms with Crippen molar-refractivity contribution in [2.45, 2.75) is 13.1 Å². The first-order valence-corrected chi connectivity index (χ1v) is 9.20. The molecule has 0 unspecified atom stereocenters. The Labute approximate surface area is 156 Å². The van der Waals surface area contributed by atoms with Crippen LogP contribution < -0.4 is 0 Å². The summed E-state index contributed by atoms with van der Waals surface area (Å²) < 4.78 is 3.44. The zero-order chi connectivity index (χ0) is 18.2. The molecule has 10 heteroatoms. The van der Waals surface area contributed by atoms with E-state index in [1.165, 1.54) is 11.3 Å². The molecule has 0 aliphatic heterocycles. The van der Waals surface area contributed by atoms with Crippen LogP contribution in [0.15, 0.2) is 42.3 Å². The van der Waals surface area contributed by atoms with Crippen LogP contribution in [-0.2, 0) is 13.1 Å². The molecule has 0 aromatic carbocycles. The Morgan fingerprint density at radius 2 is 2.07 bits per heavy atom. The maximum atomic E-state index is 9.04. The van der Waals surface area contributed by atoms with Crippen molar-refractivity contribution in [3.63, 3.8) is 0 Å². The second kappa shape index (κ2) is 6.49. The van der Waals surface area contributed by atoms with Gasteiger partial charge in [0.15, 0.2) is 5.65 Å². The number of fused-ring (bicyclic) bond motifs is 2. The fraction of sp³-hybridized carbons (Fsp3) is 0.176. The average molecular weight is 378 g/mol. The highest BCUT2D eigenvalue weighted by Gasteiger charge is 2.11. The van der Waals surface area contributed by atoms with Gasteiger partial charge in [0.2, 0.25) is 0 Å². The highest BCUT2D eigenvalue weighted by atomic mass is 32.1. The molecule has 5 aromatic rings. The monoisotopic (exact) mass is 378 g/mol. The van der Waals surface area contributed by atoms with E-state index in [9.17, 15) is 0 Å². The second-order valence-electron chi connectivity index (χ2n) is 6.02. The van der Waals surface area contributed by atoms with Gasteiger partial charge in [-0.25, -0.2) is 19.6 Å². The summed E-state index contributed by atoms with van der Waals surface area (Å²) in [5.74, 6) is 0. The summed E-state index contributed by atoms with van der Waals surface area (Å²) >= 11 is 1.52. The van der Waals surface area contributed by atoms with E-state index in [0.29, 0.717) is 18.7 Å². The number of thiazole rings is 1. The molecule has 0 spiro atoms. The molecule has 134 valence electrons. The lowest BCUT2D eigenvalue weighted by Crippen LogP contribution is -2.03. The first-order valence-electron chi connectivity index (χ1n) is 8.32. The third-order valence-electron chi connectivity index (χ3n) is 4.19. The predicted octanol–water partition coefficient (Wildman–Crippen LogP) is 1.74. The Hall–Kier alpha value is -3.24. The van der Waals surface area contributed by atoms with Crippen LogP contribution >= 0.6 is 11.3 Å². The van der Waals surface area contributed by atoms with Gasteiger partial charge >= 0.3 is 0 Å². The first-order chi connectivity index (χ1) is 13.3. The van der Waals surface area contributed by atoms with Gasteiger partial charge in [-0.3, -0.25) is 4.68 Å². The van der Waals surface area contributed by atoms with Gasteiger partial charge in [-0.1, -0.05) is 5.21 Å². The minimum absolute atomic E-state index is 0.0433. The number of rotatable bonds is 5. The molecule has 0 bridgehead atoms. The molecule has 27 heavy (non-hydrogen) atoms. The molecule has 0 saturated heterocycles. The minimum Gasteiger partial charge on any atom is -0.394 e. The molecule has 0 atom stereocenters. The van der Waals surface area contributed by atoms with E-state index in [4.69, 9.17) is 10.1 Å². The molecule has 0 fully saturated rings. The van der Waals surface area contributed by atoms with E-state index in [1.807, 2.05) is 30.6 Å². The van der Waals surface area contributed by atoms with Crippen molar-refractivity contribution in [2.24, 2.45) is 0 Å². The molecule has 0 saturated carbocycles. The zero-order valence-corrected chi connectivity index (χ0v) is 14.9. The van der Waals surface area contributed by atoms with Crippen molar-refractivity contribution in [1.82, 2.24) is 39.7 Å². The van der Waals surface area contributed by atoms with Crippen LogP contribution in [0.2, 0.25) is 0 Å². The van der Waals surface area contributed by atoms with Crippen LogP contribution in [0.3, 0.4) is 0 Å². The topological polar surface area (TPSA) is 107 Å². The van der Waals surface area contributed by atoms with Gasteiger partial charge in [0.25, 0.3) is 0 Å². The smallest absolute Gasteiger partial charge is 0.179 e. The fourth-order valence-corrected chi connectivity index (χ4v) is 3.51. The molecule has 0 radical (unpaired) electrons. The predicted molar refractivity (Wildman–Crippen MR) is 100 cm³/mol. The fourth-order valence-electron chi connectivity index (χ4n) is 2.90. The van der Waals surface area contributed by atoms with Crippen molar-refractivity contribution in [3.05, 3.63) is 47.9 Å². The van der Waals surface area contributed by atoms with E-state index in [2.05, 4.69) is 25.4 Å². The molecule has 1 N–H and O–H groups in total. The van der Waals surface area contributed by atoms with Crippen LogP contribution in [0.4, 0.5) is 0 Å². The number of pyridine rings is 2. The molecule has 9 nitrogen and oxygen atoms in total. The average Bonchev–Trinajstić information content (AvgIpc) is 3.41. The highest BCUT2D eigenvalue weighted by molar-refractivity contribution is 7.16. The number of aliphatic hydroxyl groups excluding tert-OH is 1. The lowest BCUT2D eigenvalue weighted by atomic mass is 10.2. The molecule has 0 aliphatic rings. The number of nitrogens with zero attached hydrogens (tertiary/aromatic N) is 8. The Balaban J connectivity index is 1.50. The SMILES string of the molecule is OCCn1cc(-c2ccc3nnn(Cc4cnc5scnc5c4)c3n2)cn1. The summed E-state index contributed by atoms with van der Waals surface area (Å²) in [6.45, 7) is 1.01. The molecule has 0 aliphatic carbocycles. The normalized spacial score (nSPS) is 11.6. The van der Waals surface area contributed by atoms with Crippen molar-refractivity contribution in [3.8, 4) is 11.3 Å².